The lowest BCUT2D eigenvalue weighted by Gasteiger charge is -2.33. The zero-order valence-corrected chi connectivity index (χ0v) is 16.9. The zero-order chi connectivity index (χ0) is 22.2. The van der Waals surface area contributed by atoms with Crippen molar-refractivity contribution >= 4 is 29.0 Å². The molecule has 2 aromatic heterocycles. The normalized spacial score (nSPS) is 18.1. The molecular formula is C20H17ClF3N5O2. The number of hydrogen-bond acceptors (Lipinski definition) is 5. The monoisotopic (exact) mass is 451 g/mol. The van der Waals surface area contributed by atoms with Gasteiger partial charge in [-0.2, -0.15) is 18.3 Å². The number of alkyl halides is 3. The van der Waals surface area contributed by atoms with Crippen LogP contribution in [0.25, 0.3) is 0 Å². The second-order valence-corrected chi connectivity index (χ2v) is 7.28. The summed E-state index contributed by atoms with van der Waals surface area (Å²) in [7, 11) is 1.49. The number of rotatable bonds is 4. The molecule has 0 saturated carbocycles. The summed E-state index contributed by atoms with van der Waals surface area (Å²) in [6.45, 7) is 0. The van der Waals surface area contributed by atoms with Crippen molar-refractivity contribution in [3.63, 3.8) is 0 Å². The number of nitrogens with one attached hydrogen (secondary N) is 2. The first-order chi connectivity index (χ1) is 14.8. The number of nitrogens with zero attached hydrogens (tertiary/aromatic N) is 3. The summed E-state index contributed by atoms with van der Waals surface area (Å²) in [4.78, 5) is 16.4. The van der Waals surface area contributed by atoms with Crippen LogP contribution in [0, 0.1) is 0 Å². The van der Waals surface area contributed by atoms with Crippen molar-refractivity contribution in [1.29, 1.82) is 0 Å². The Morgan fingerprint density at radius 2 is 2.10 bits per heavy atom. The Morgan fingerprint density at radius 3 is 2.81 bits per heavy atom. The second kappa shape index (κ2) is 8.10. The molecule has 162 valence electrons. The predicted molar refractivity (Wildman–Crippen MR) is 108 cm³/mol. The van der Waals surface area contributed by atoms with E-state index in [9.17, 15) is 18.0 Å². The largest absolute Gasteiger partial charge is 0.497 e. The fourth-order valence-corrected chi connectivity index (χ4v) is 3.59. The number of hydrogen-bond donors (Lipinski definition) is 2. The highest BCUT2D eigenvalue weighted by Gasteiger charge is 2.46. The zero-order valence-electron chi connectivity index (χ0n) is 16.2. The Morgan fingerprint density at radius 1 is 1.29 bits per heavy atom. The van der Waals surface area contributed by atoms with Gasteiger partial charge in [-0.1, -0.05) is 23.7 Å². The van der Waals surface area contributed by atoms with E-state index >= 15 is 0 Å². The van der Waals surface area contributed by atoms with E-state index in [-0.39, 0.29) is 28.8 Å². The number of pyridine rings is 1. The highest BCUT2D eigenvalue weighted by atomic mass is 35.5. The smallest absolute Gasteiger partial charge is 0.410 e. The van der Waals surface area contributed by atoms with E-state index in [1.54, 1.807) is 30.3 Å². The molecule has 0 saturated heterocycles. The molecule has 3 aromatic rings. The van der Waals surface area contributed by atoms with Gasteiger partial charge in [0.25, 0.3) is 5.91 Å². The van der Waals surface area contributed by atoms with Gasteiger partial charge in [0.15, 0.2) is 16.9 Å². The number of anilines is 2. The number of fused-ring (bicyclic) bond motifs is 1. The minimum absolute atomic E-state index is 0.0594. The fourth-order valence-electron chi connectivity index (χ4n) is 3.43. The Bertz CT molecular complexity index is 1120. The van der Waals surface area contributed by atoms with Crippen molar-refractivity contribution in [2.75, 3.05) is 17.7 Å². The average Bonchev–Trinajstić information content (AvgIpc) is 3.18. The van der Waals surface area contributed by atoms with Crippen LogP contribution in [0.4, 0.5) is 24.7 Å². The van der Waals surface area contributed by atoms with Crippen molar-refractivity contribution in [3.05, 3.63) is 65.1 Å². The molecule has 2 atom stereocenters. The molecule has 0 fully saturated rings. The summed E-state index contributed by atoms with van der Waals surface area (Å²) < 4.78 is 47.5. The maximum Gasteiger partial charge on any atom is 0.410 e. The summed E-state index contributed by atoms with van der Waals surface area (Å²) in [5, 5.41) is 9.54. The van der Waals surface area contributed by atoms with Gasteiger partial charge in [0.2, 0.25) is 0 Å². The lowest BCUT2D eigenvalue weighted by Crippen LogP contribution is -2.35. The van der Waals surface area contributed by atoms with Crippen LogP contribution in [0.1, 0.15) is 34.6 Å². The summed E-state index contributed by atoms with van der Waals surface area (Å²) in [6, 6.07) is 8.65. The predicted octanol–water partition coefficient (Wildman–Crippen LogP) is 4.85. The molecule has 2 N–H and O–H groups in total. The number of benzene rings is 1. The Hall–Kier alpha value is -3.27. The van der Waals surface area contributed by atoms with E-state index in [0.29, 0.717) is 11.3 Å². The Balaban J connectivity index is 1.66. The molecule has 0 radical (unpaired) electrons. The molecule has 0 aliphatic carbocycles. The molecule has 2 unspecified atom stereocenters. The lowest BCUT2D eigenvalue weighted by molar-refractivity contribution is -0.173. The van der Waals surface area contributed by atoms with Crippen molar-refractivity contribution in [3.8, 4) is 5.75 Å². The minimum atomic E-state index is -4.56. The molecule has 31 heavy (non-hydrogen) atoms. The SMILES string of the molecule is COc1cccc(C2CC(C(F)(F)F)n3nc(C(=O)Nc4cccnc4Cl)cc3N2)c1. The third-order valence-electron chi connectivity index (χ3n) is 4.93. The van der Waals surface area contributed by atoms with Gasteiger partial charge in [-0.3, -0.25) is 4.79 Å². The quantitative estimate of drug-likeness (QED) is 0.554. The standard InChI is InChI=1S/C20H17ClF3N5O2/c1-31-12-5-2-4-11(8-12)14-9-16(20(22,23)24)29-17(26-14)10-15(28-29)19(30)27-13-6-3-7-25-18(13)21/h2-8,10,14,16,26H,9H2,1H3,(H,27,30). The molecule has 0 bridgehead atoms. The van der Waals surface area contributed by atoms with Crippen LogP contribution >= 0.6 is 11.6 Å². The number of amides is 1. The van der Waals surface area contributed by atoms with Crippen LogP contribution in [0.15, 0.2) is 48.7 Å². The minimum Gasteiger partial charge on any atom is -0.497 e. The van der Waals surface area contributed by atoms with Crippen molar-refractivity contribution in [2.24, 2.45) is 0 Å². The molecule has 1 aliphatic rings. The molecule has 1 amide bonds. The van der Waals surface area contributed by atoms with E-state index < -0.39 is 24.2 Å². The molecule has 3 heterocycles. The topological polar surface area (TPSA) is 81.1 Å². The van der Waals surface area contributed by atoms with Gasteiger partial charge < -0.3 is 15.4 Å². The van der Waals surface area contributed by atoms with E-state index in [0.717, 1.165) is 4.68 Å². The van der Waals surface area contributed by atoms with Gasteiger partial charge >= 0.3 is 6.18 Å². The molecular weight excluding hydrogens is 435 g/mol. The van der Waals surface area contributed by atoms with Crippen molar-refractivity contribution in [2.45, 2.75) is 24.7 Å². The van der Waals surface area contributed by atoms with Crippen molar-refractivity contribution in [1.82, 2.24) is 14.8 Å². The number of halogens is 4. The lowest BCUT2D eigenvalue weighted by atomic mass is 9.97. The molecule has 4 rings (SSSR count). The van der Waals surface area contributed by atoms with Crippen LogP contribution < -0.4 is 15.4 Å². The van der Waals surface area contributed by atoms with E-state index in [2.05, 4.69) is 20.7 Å². The molecule has 1 aliphatic heterocycles. The van der Waals surface area contributed by atoms with Crippen LogP contribution in [-0.2, 0) is 0 Å². The third-order valence-corrected chi connectivity index (χ3v) is 5.23. The van der Waals surface area contributed by atoms with Gasteiger partial charge in [0.1, 0.15) is 11.6 Å². The fraction of sp³-hybridized carbons (Fsp3) is 0.250. The van der Waals surface area contributed by atoms with Crippen LogP contribution in [0.3, 0.4) is 0 Å². The number of ether oxygens (including phenoxy) is 1. The first-order valence-corrected chi connectivity index (χ1v) is 9.62. The van der Waals surface area contributed by atoms with Crippen molar-refractivity contribution < 1.29 is 22.7 Å². The summed E-state index contributed by atoms with van der Waals surface area (Å²) >= 11 is 5.93. The molecule has 7 nitrogen and oxygen atoms in total. The van der Waals surface area contributed by atoms with Gasteiger partial charge in [-0.25, -0.2) is 9.67 Å². The highest BCUT2D eigenvalue weighted by molar-refractivity contribution is 6.32. The van der Waals surface area contributed by atoms with Gasteiger partial charge in [-0.05, 0) is 29.8 Å². The average molecular weight is 452 g/mol. The Kier molecular flexibility index (Phi) is 5.48. The highest BCUT2D eigenvalue weighted by Crippen LogP contribution is 2.44. The van der Waals surface area contributed by atoms with Gasteiger partial charge in [0.05, 0.1) is 18.8 Å². The number of carbonyl (C=O) groups excluding carboxylic acids is 1. The maximum absolute atomic E-state index is 13.8. The number of methoxy groups -OCH3 is 1. The number of aromatic nitrogens is 3. The van der Waals surface area contributed by atoms with Crippen LogP contribution in [0.2, 0.25) is 5.15 Å². The second-order valence-electron chi connectivity index (χ2n) is 6.92. The van der Waals surface area contributed by atoms with E-state index in [1.807, 2.05) is 0 Å². The first kappa shape index (κ1) is 21.0. The maximum atomic E-state index is 13.8. The molecule has 11 heteroatoms. The van der Waals surface area contributed by atoms with E-state index in [1.165, 1.54) is 25.4 Å². The van der Waals surface area contributed by atoms with E-state index in [4.69, 9.17) is 16.3 Å². The summed E-state index contributed by atoms with van der Waals surface area (Å²) in [6.07, 6.45) is -3.40. The first-order valence-electron chi connectivity index (χ1n) is 9.25. The van der Waals surface area contributed by atoms with Gasteiger partial charge in [-0.15, -0.1) is 0 Å². The van der Waals surface area contributed by atoms with Crippen LogP contribution in [0.5, 0.6) is 5.75 Å². The third kappa shape index (κ3) is 4.29. The molecule has 1 aromatic carbocycles. The molecule has 0 spiro atoms. The summed E-state index contributed by atoms with van der Waals surface area (Å²) in [5.74, 6) is -0.0726. The number of carbonyl (C=O) groups is 1. The van der Waals surface area contributed by atoms with Crippen LogP contribution in [-0.4, -0.2) is 34.0 Å². The Labute approximate surface area is 180 Å². The summed E-state index contributed by atoms with van der Waals surface area (Å²) in [5.41, 5.74) is 0.687. The van der Waals surface area contributed by atoms with Gasteiger partial charge in [0, 0.05) is 18.7 Å².